The van der Waals surface area contributed by atoms with Gasteiger partial charge in [-0.1, -0.05) is 0 Å². The van der Waals surface area contributed by atoms with E-state index >= 15 is 0 Å². The van der Waals surface area contributed by atoms with Crippen LogP contribution in [0.3, 0.4) is 0 Å². The second kappa shape index (κ2) is 6.60. The largest absolute Gasteiger partial charge is 0.444 e. The number of piperidine rings is 1. The van der Waals surface area contributed by atoms with Crippen molar-refractivity contribution in [2.75, 3.05) is 20.1 Å². The Morgan fingerprint density at radius 3 is 2.60 bits per heavy atom. The minimum absolute atomic E-state index is 0.0253. The van der Waals surface area contributed by atoms with Gasteiger partial charge in [-0.15, -0.1) is 0 Å². The van der Waals surface area contributed by atoms with Crippen LogP contribution in [0.1, 0.15) is 40.0 Å². The predicted molar refractivity (Wildman–Crippen MR) is 73.8 cm³/mol. The Morgan fingerprint density at radius 1 is 1.40 bits per heavy atom. The molecule has 1 rings (SSSR count). The molecule has 1 saturated heterocycles. The fourth-order valence-corrected chi connectivity index (χ4v) is 2.17. The van der Waals surface area contributed by atoms with Gasteiger partial charge in [0.05, 0.1) is 6.07 Å². The fraction of sp³-hybridized carbons (Fsp3) is 0.786. The highest BCUT2D eigenvalue weighted by atomic mass is 16.6. The van der Waals surface area contributed by atoms with Crippen LogP contribution in [0.5, 0.6) is 0 Å². The highest BCUT2D eigenvalue weighted by Crippen LogP contribution is 2.21. The van der Waals surface area contributed by atoms with Crippen LogP contribution in [-0.2, 0) is 9.53 Å². The van der Waals surface area contributed by atoms with Crippen molar-refractivity contribution in [2.24, 2.45) is 0 Å². The van der Waals surface area contributed by atoms with E-state index in [2.05, 4.69) is 0 Å². The number of amides is 2. The van der Waals surface area contributed by atoms with E-state index < -0.39 is 17.7 Å². The maximum atomic E-state index is 12.3. The van der Waals surface area contributed by atoms with E-state index in [1.807, 2.05) is 6.07 Å². The zero-order chi connectivity index (χ0) is 15.3. The molecule has 1 aliphatic heterocycles. The van der Waals surface area contributed by atoms with Crippen molar-refractivity contribution in [1.82, 2.24) is 9.80 Å². The number of nitrogens with zero attached hydrogens (tertiary/aromatic N) is 3. The second-order valence-corrected chi connectivity index (χ2v) is 6.04. The second-order valence-electron chi connectivity index (χ2n) is 6.04. The molecule has 2 amide bonds. The molecular formula is C14H23N3O3. The van der Waals surface area contributed by atoms with Gasteiger partial charge in [0.25, 0.3) is 0 Å². The summed E-state index contributed by atoms with van der Waals surface area (Å²) >= 11 is 0. The van der Waals surface area contributed by atoms with Gasteiger partial charge >= 0.3 is 6.09 Å². The fourth-order valence-electron chi connectivity index (χ4n) is 2.17. The Morgan fingerprint density at radius 2 is 2.05 bits per heavy atom. The summed E-state index contributed by atoms with van der Waals surface area (Å²) in [6.07, 6.45) is 1.93. The van der Waals surface area contributed by atoms with Gasteiger partial charge in [0.2, 0.25) is 5.91 Å². The summed E-state index contributed by atoms with van der Waals surface area (Å²) in [5.74, 6) is -0.197. The van der Waals surface area contributed by atoms with Crippen molar-refractivity contribution in [1.29, 1.82) is 5.26 Å². The molecule has 112 valence electrons. The number of likely N-dealkylation sites (N-methyl/N-ethyl adjacent to an activating group) is 1. The number of carbonyl (C=O) groups is 2. The first-order chi connectivity index (χ1) is 9.26. The van der Waals surface area contributed by atoms with Crippen molar-refractivity contribution in [2.45, 2.75) is 51.7 Å². The summed E-state index contributed by atoms with van der Waals surface area (Å²) in [4.78, 5) is 27.3. The molecule has 0 aliphatic carbocycles. The topological polar surface area (TPSA) is 73.6 Å². The maximum Gasteiger partial charge on any atom is 0.410 e. The molecule has 0 N–H and O–H groups in total. The Hall–Kier alpha value is -1.77. The standard InChI is InChI=1S/C14H23N3O3/c1-14(2,3)20-13(19)17-9-6-5-7-11(17)12(18)16(4)10-8-15/h11H,5-7,9-10H2,1-4H3. The third kappa shape index (κ3) is 4.41. The molecule has 0 spiro atoms. The average Bonchev–Trinajstić information content (AvgIpc) is 2.36. The predicted octanol–water partition coefficient (Wildman–Crippen LogP) is 1.76. The summed E-state index contributed by atoms with van der Waals surface area (Å²) in [5.41, 5.74) is -0.583. The van der Waals surface area contributed by atoms with Crippen LogP contribution < -0.4 is 0 Å². The number of nitriles is 1. The molecule has 1 heterocycles. The number of hydrogen-bond donors (Lipinski definition) is 0. The average molecular weight is 281 g/mol. The molecule has 0 radical (unpaired) electrons. The summed E-state index contributed by atoms with van der Waals surface area (Å²) < 4.78 is 5.35. The molecule has 0 bridgehead atoms. The first-order valence-electron chi connectivity index (χ1n) is 6.88. The summed E-state index contributed by atoms with van der Waals surface area (Å²) in [7, 11) is 1.58. The Labute approximate surface area is 120 Å². The van der Waals surface area contributed by atoms with E-state index in [0.29, 0.717) is 13.0 Å². The quantitative estimate of drug-likeness (QED) is 0.723. The lowest BCUT2D eigenvalue weighted by atomic mass is 10.0. The monoisotopic (exact) mass is 281 g/mol. The number of hydrogen-bond acceptors (Lipinski definition) is 4. The Balaban J connectivity index is 2.79. The van der Waals surface area contributed by atoms with E-state index in [9.17, 15) is 9.59 Å². The van der Waals surface area contributed by atoms with Crippen LogP contribution in [0, 0.1) is 11.3 Å². The molecule has 0 saturated carbocycles. The Bertz CT molecular complexity index is 409. The van der Waals surface area contributed by atoms with Crippen LogP contribution in [0.2, 0.25) is 0 Å². The molecule has 0 aromatic rings. The zero-order valence-electron chi connectivity index (χ0n) is 12.7. The number of carbonyl (C=O) groups excluding carboxylic acids is 2. The van der Waals surface area contributed by atoms with Gasteiger partial charge in [0.15, 0.2) is 0 Å². The summed E-state index contributed by atoms with van der Waals surface area (Å²) in [6.45, 7) is 5.94. The lowest BCUT2D eigenvalue weighted by Gasteiger charge is -2.37. The molecule has 1 unspecified atom stereocenters. The smallest absolute Gasteiger partial charge is 0.410 e. The molecule has 0 aromatic carbocycles. The number of ether oxygens (including phenoxy) is 1. The van der Waals surface area contributed by atoms with Crippen LogP contribution in [-0.4, -0.2) is 53.6 Å². The highest BCUT2D eigenvalue weighted by molar-refractivity contribution is 5.86. The van der Waals surface area contributed by atoms with Crippen molar-refractivity contribution < 1.29 is 14.3 Å². The maximum absolute atomic E-state index is 12.3. The SMILES string of the molecule is CN(CC#N)C(=O)C1CCCCN1C(=O)OC(C)(C)C. The van der Waals surface area contributed by atoms with Crippen LogP contribution >= 0.6 is 0 Å². The molecular weight excluding hydrogens is 258 g/mol. The molecule has 1 fully saturated rings. The van der Waals surface area contributed by atoms with E-state index in [-0.39, 0.29) is 12.5 Å². The van der Waals surface area contributed by atoms with Gasteiger partial charge in [-0.25, -0.2) is 4.79 Å². The minimum Gasteiger partial charge on any atom is -0.444 e. The van der Waals surface area contributed by atoms with Gasteiger partial charge in [0, 0.05) is 13.6 Å². The molecule has 6 heteroatoms. The van der Waals surface area contributed by atoms with Crippen LogP contribution in [0.15, 0.2) is 0 Å². The molecule has 6 nitrogen and oxygen atoms in total. The van der Waals surface area contributed by atoms with Crippen molar-refractivity contribution in [3.05, 3.63) is 0 Å². The van der Waals surface area contributed by atoms with Gasteiger partial charge in [-0.05, 0) is 40.0 Å². The molecule has 1 atom stereocenters. The molecule has 20 heavy (non-hydrogen) atoms. The van der Waals surface area contributed by atoms with Gasteiger partial charge in [-0.3, -0.25) is 9.69 Å². The van der Waals surface area contributed by atoms with Gasteiger partial charge in [0.1, 0.15) is 18.2 Å². The molecule has 1 aliphatic rings. The lowest BCUT2D eigenvalue weighted by Crippen LogP contribution is -2.53. The zero-order valence-corrected chi connectivity index (χ0v) is 12.7. The lowest BCUT2D eigenvalue weighted by molar-refractivity contribution is -0.136. The van der Waals surface area contributed by atoms with Crippen molar-refractivity contribution >= 4 is 12.0 Å². The number of likely N-dealkylation sites (tertiary alicyclic amines) is 1. The molecule has 0 aromatic heterocycles. The first-order valence-corrected chi connectivity index (χ1v) is 6.88. The Kier molecular flexibility index (Phi) is 5.37. The normalized spacial score (nSPS) is 19.1. The first kappa shape index (κ1) is 16.3. The highest BCUT2D eigenvalue weighted by Gasteiger charge is 2.36. The number of rotatable bonds is 2. The summed E-state index contributed by atoms with van der Waals surface area (Å²) in [5, 5.41) is 8.66. The summed E-state index contributed by atoms with van der Waals surface area (Å²) in [6, 6.07) is 1.42. The van der Waals surface area contributed by atoms with Crippen LogP contribution in [0.4, 0.5) is 4.79 Å². The van der Waals surface area contributed by atoms with Crippen LogP contribution in [0.25, 0.3) is 0 Å². The van der Waals surface area contributed by atoms with Crippen molar-refractivity contribution in [3.63, 3.8) is 0 Å². The van der Waals surface area contributed by atoms with Crippen molar-refractivity contribution in [3.8, 4) is 6.07 Å². The van der Waals surface area contributed by atoms with E-state index in [0.717, 1.165) is 12.8 Å². The van der Waals surface area contributed by atoms with Gasteiger partial charge in [-0.2, -0.15) is 5.26 Å². The third-order valence-corrected chi connectivity index (χ3v) is 3.10. The van der Waals surface area contributed by atoms with E-state index in [1.165, 1.54) is 9.80 Å². The van der Waals surface area contributed by atoms with E-state index in [4.69, 9.17) is 10.00 Å². The minimum atomic E-state index is -0.583. The van der Waals surface area contributed by atoms with E-state index in [1.54, 1.807) is 27.8 Å². The van der Waals surface area contributed by atoms with Gasteiger partial charge < -0.3 is 9.64 Å². The third-order valence-electron chi connectivity index (χ3n) is 3.10.